The highest BCUT2D eigenvalue weighted by Crippen LogP contribution is 2.50. The molecule has 1 aliphatic heterocycles. The quantitative estimate of drug-likeness (QED) is 0.888. The molecule has 1 heterocycles. The maximum atomic E-state index is 14.0. The van der Waals surface area contributed by atoms with Crippen LogP contribution in [0.25, 0.3) is 0 Å². The molecule has 1 aliphatic carbocycles. The Kier molecular flexibility index (Phi) is 2.62. The fourth-order valence-corrected chi connectivity index (χ4v) is 3.03. The molecule has 1 aromatic carbocycles. The normalized spacial score (nSPS) is 23.5. The maximum absolute atomic E-state index is 14.0. The molecule has 1 N–H and O–H groups in total. The zero-order valence-corrected chi connectivity index (χ0v) is 10.7. The van der Waals surface area contributed by atoms with Gasteiger partial charge in [0.1, 0.15) is 0 Å². The molecule has 5 heteroatoms. The molecule has 1 unspecified atom stereocenters. The molecule has 2 nitrogen and oxygen atoms in total. The lowest BCUT2D eigenvalue weighted by atomic mass is 10.0. The number of fused-ring (bicyclic) bond motifs is 1. The molecule has 1 amide bonds. The number of amides is 1. The number of carbonyl (C=O) groups is 1. The van der Waals surface area contributed by atoms with E-state index in [1.165, 1.54) is 23.9 Å². The first kappa shape index (κ1) is 12.0. The van der Waals surface area contributed by atoms with Crippen molar-refractivity contribution in [2.75, 3.05) is 5.32 Å². The van der Waals surface area contributed by atoms with Crippen molar-refractivity contribution in [1.29, 1.82) is 0 Å². The van der Waals surface area contributed by atoms with E-state index in [4.69, 9.17) is 0 Å². The van der Waals surface area contributed by atoms with Crippen LogP contribution in [0.2, 0.25) is 0 Å². The van der Waals surface area contributed by atoms with Crippen molar-refractivity contribution in [1.82, 2.24) is 0 Å². The van der Waals surface area contributed by atoms with Gasteiger partial charge < -0.3 is 5.32 Å². The van der Waals surface area contributed by atoms with Gasteiger partial charge in [-0.2, -0.15) is 0 Å². The summed E-state index contributed by atoms with van der Waals surface area (Å²) in [7, 11) is 0. The fourth-order valence-electron chi connectivity index (χ4n) is 2.10. The fraction of sp³-hybridized carbons (Fsp3) is 0.462. The first-order valence-corrected chi connectivity index (χ1v) is 6.86. The highest BCUT2D eigenvalue weighted by atomic mass is 32.2. The molecule has 3 rings (SSSR count). The zero-order chi connectivity index (χ0) is 12.9. The van der Waals surface area contributed by atoms with E-state index in [2.05, 4.69) is 5.32 Å². The number of hydrogen-bond acceptors (Lipinski definition) is 2. The van der Waals surface area contributed by atoms with Crippen LogP contribution in [0.1, 0.15) is 25.3 Å². The summed E-state index contributed by atoms with van der Waals surface area (Å²) in [6.45, 7) is 1.80. The van der Waals surface area contributed by atoms with Crippen LogP contribution in [0.15, 0.2) is 23.1 Å². The van der Waals surface area contributed by atoms with Crippen LogP contribution in [-0.2, 0) is 10.7 Å². The van der Waals surface area contributed by atoms with E-state index in [0.717, 1.165) is 4.90 Å². The van der Waals surface area contributed by atoms with Crippen molar-refractivity contribution in [2.24, 2.45) is 5.92 Å². The first-order valence-electron chi connectivity index (χ1n) is 5.98. The Morgan fingerprint density at radius 3 is 2.78 bits per heavy atom. The minimum absolute atomic E-state index is 0.0132. The highest BCUT2D eigenvalue weighted by Gasteiger charge is 2.48. The van der Waals surface area contributed by atoms with Crippen LogP contribution in [-0.4, -0.2) is 11.2 Å². The molecule has 1 saturated carbocycles. The molecule has 18 heavy (non-hydrogen) atoms. The number of carbonyl (C=O) groups excluding carboxylic acids is 1. The number of hydrogen-bond donors (Lipinski definition) is 1. The summed E-state index contributed by atoms with van der Waals surface area (Å²) in [5, 5.41) is 2.51. The van der Waals surface area contributed by atoms with E-state index in [1.807, 2.05) is 0 Å². The first-order chi connectivity index (χ1) is 8.48. The number of thioether (sulfide) groups is 1. The topological polar surface area (TPSA) is 29.1 Å². The Morgan fingerprint density at radius 2 is 2.11 bits per heavy atom. The van der Waals surface area contributed by atoms with Gasteiger partial charge in [0.25, 0.3) is 5.92 Å². The van der Waals surface area contributed by atoms with Crippen molar-refractivity contribution < 1.29 is 13.6 Å². The second-order valence-corrected chi connectivity index (χ2v) is 6.24. The van der Waals surface area contributed by atoms with Crippen molar-refractivity contribution in [3.63, 3.8) is 0 Å². The lowest BCUT2D eigenvalue weighted by molar-refractivity contribution is -0.115. The standard InChI is InChI=1S/C13H13F2NOS/c1-7-12(17)16-10-6-9(4-5-11(10)18-7)13(14,15)8-2-3-8/h4-8H,2-3H2,1H3,(H,16,17). The summed E-state index contributed by atoms with van der Waals surface area (Å²) in [6.07, 6.45) is 1.17. The van der Waals surface area contributed by atoms with Gasteiger partial charge in [-0.25, -0.2) is 8.78 Å². The molecule has 1 aromatic rings. The Hall–Kier alpha value is -1.10. The summed E-state index contributed by atoms with van der Waals surface area (Å²) >= 11 is 1.41. The largest absolute Gasteiger partial charge is 0.324 e. The average molecular weight is 269 g/mol. The van der Waals surface area contributed by atoms with Crippen LogP contribution in [0, 0.1) is 5.92 Å². The minimum Gasteiger partial charge on any atom is -0.324 e. The Balaban J connectivity index is 1.96. The number of benzene rings is 1. The maximum Gasteiger partial charge on any atom is 0.276 e. The minimum atomic E-state index is -2.77. The molecule has 0 bridgehead atoms. The van der Waals surface area contributed by atoms with Crippen LogP contribution in [0.5, 0.6) is 0 Å². The number of nitrogens with one attached hydrogen (secondary N) is 1. The Bertz CT molecular complexity index is 514. The lowest BCUT2D eigenvalue weighted by Crippen LogP contribution is -2.27. The number of rotatable bonds is 2. The van der Waals surface area contributed by atoms with Gasteiger partial charge in [0.05, 0.1) is 10.9 Å². The SMILES string of the molecule is CC1Sc2ccc(C(F)(F)C3CC3)cc2NC1=O. The predicted molar refractivity (Wildman–Crippen MR) is 67.0 cm³/mol. The molecule has 0 radical (unpaired) electrons. The van der Waals surface area contributed by atoms with Gasteiger partial charge in [-0.05, 0) is 31.9 Å². The van der Waals surface area contributed by atoms with Gasteiger partial charge in [-0.15, -0.1) is 11.8 Å². The molecule has 0 saturated heterocycles. The molecule has 1 fully saturated rings. The van der Waals surface area contributed by atoms with Crippen molar-refractivity contribution in [2.45, 2.75) is 35.8 Å². The van der Waals surface area contributed by atoms with Gasteiger partial charge in [-0.1, -0.05) is 6.07 Å². The van der Waals surface area contributed by atoms with Gasteiger partial charge in [-0.3, -0.25) is 4.79 Å². The third-order valence-corrected chi connectivity index (χ3v) is 4.56. The van der Waals surface area contributed by atoms with Crippen LogP contribution in [0.4, 0.5) is 14.5 Å². The summed E-state index contributed by atoms with van der Waals surface area (Å²) in [6, 6.07) is 4.58. The van der Waals surface area contributed by atoms with Gasteiger partial charge in [0.15, 0.2) is 0 Å². The number of anilines is 1. The molecular weight excluding hydrogens is 256 g/mol. The van der Waals surface area contributed by atoms with Gasteiger partial charge in [0.2, 0.25) is 5.91 Å². The van der Waals surface area contributed by atoms with E-state index < -0.39 is 11.8 Å². The summed E-state index contributed by atoms with van der Waals surface area (Å²) < 4.78 is 27.9. The van der Waals surface area contributed by atoms with E-state index in [-0.39, 0.29) is 16.7 Å². The van der Waals surface area contributed by atoms with E-state index in [1.54, 1.807) is 13.0 Å². The number of alkyl halides is 2. The monoisotopic (exact) mass is 269 g/mol. The van der Waals surface area contributed by atoms with E-state index >= 15 is 0 Å². The van der Waals surface area contributed by atoms with E-state index in [9.17, 15) is 13.6 Å². The molecule has 96 valence electrons. The van der Waals surface area contributed by atoms with Gasteiger partial charge in [0, 0.05) is 16.4 Å². The molecule has 1 atom stereocenters. The Labute approximate surface area is 108 Å². The second kappa shape index (κ2) is 3.95. The van der Waals surface area contributed by atoms with Gasteiger partial charge >= 0.3 is 0 Å². The smallest absolute Gasteiger partial charge is 0.276 e. The summed E-state index contributed by atoms with van der Waals surface area (Å²) in [5.41, 5.74) is 0.528. The molecular formula is C13H13F2NOS. The highest BCUT2D eigenvalue weighted by molar-refractivity contribution is 8.00. The summed E-state index contributed by atoms with van der Waals surface area (Å²) in [5.74, 6) is -3.42. The van der Waals surface area contributed by atoms with Crippen LogP contribution < -0.4 is 5.32 Å². The van der Waals surface area contributed by atoms with Crippen molar-refractivity contribution in [3.8, 4) is 0 Å². The van der Waals surface area contributed by atoms with E-state index in [0.29, 0.717) is 18.5 Å². The average Bonchev–Trinajstić information content (AvgIpc) is 3.14. The third kappa shape index (κ3) is 1.90. The van der Waals surface area contributed by atoms with Crippen LogP contribution in [0.3, 0.4) is 0 Å². The zero-order valence-electron chi connectivity index (χ0n) is 9.87. The third-order valence-electron chi connectivity index (χ3n) is 3.39. The Morgan fingerprint density at radius 1 is 1.39 bits per heavy atom. The van der Waals surface area contributed by atoms with Crippen molar-refractivity contribution in [3.05, 3.63) is 23.8 Å². The lowest BCUT2D eigenvalue weighted by Gasteiger charge is -2.24. The predicted octanol–water partition coefficient (Wildman–Crippen LogP) is 3.62. The second-order valence-electron chi connectivity index (χ2n) is 4.86. The van der Waals surface area contributed by atoms with Crippen molar-refractivity contribution >= 4 is 23.4 Å². The molecule has 2 aliphatic rings. The molecule has 0 spiro atoms. The number of halogens is 2. The summed E-state index contributed by atoms with van der Waals surface area (Å²) in [4.78, 5) is 12.4. The van der Waals surface area contributed by atoms with Crippen LogP contribution >= 0.6 is 11.8 Å². The molecule has 0 aromatic heterocycles.